The second kappa shape index (κ2) is 5.85. The average molecular weight is 314 g/mol. The van der Waals surface area contributed by atoms with Crippen LogP contribution in [-0.2, 0) is 11.2 Å². The predicted octanol–water partition coefficient (Wildman–Crippen LogP) is 4.84. The van der Waals surface area contributed by atoms with E-state index in [1.807, 2.05) is 24.3 Å². The second-order valence-corrected chi connectivity index (χ2v) is 5.48. The quantitative estimate of drug-likeness (QED) is 0.703. The van der Waals surface area contributed by atoms with Crippen LogP contribution < -0.4 is 0 Å². The van der Waals surface area contributed by atoms with Crippen molar-refractivity contribution in [1.29, 1.82) is 0 Å². The number of aromatic amines is 1. The number of benzene rings is 2. The highest BCUT2D eigenvalue weighted by Crippen LogP contribution is 2.35. The van der Waals surface area contributed by atoms with Crippen molar-refractivity contribution in [2.24, 2.45) is 0 Å². The highest BCUT2D eigenvalue weighted by molar-refractivity contribution is 6.35. The van der Waals surface area contributed by atoms with Gasteiger partial charge in [-0.3, -0.25) is 0 Å². The lowest BCUT2D eigenvalue weighted by atomic mass is 9.95. The van der Waals surface area contributed by atoms with Crippen LogP contribution in [-0.4, -0.2) is 18.1 Å². The van der Waals surface area contributed by atoms with Crippen LogP contribution in [0, 0.1) is 0 Å². The molecule has 3 rings (SSSR count). The lowest BCUT2D eigenvalue weighted by Gasteiger charge is -2.09. The van der Waals surface area contributed by atoms with E-state index < -0.39 is 5.97 Å². The van der Waals surface area contributed by atoms with Crippen molar-refractivity contribution >= 4 is 28.5 Å². The zero-order valence-corrected chi connectivity index (χ0v) is 13.2. The number of aryl methyl sites for hydroxylation is 1. The summed E-state index contributed by atoms with van der Waals surface area (Å²) in [6.07, 6.45) is 0.939. The molecule has 0 bridgehead atoms. The molecule has 0 aliphatic heterocycles. The van der Waals surface area contributed by atoms with E-state index in [9.17, 15) is 4.79 Å². The SMILES string of the molecule is CCc1ccccc1-c1ccc(Cl)c2[nH]c(C(=O)OC)cc12. The Morgan fingerprint density at radius 1 is 1.18 bits per heavy atom. The van der Waals surface area contributed by atoms with E-state index >= 15 is 0 Å². The van der Waals surface area contributed by atoms with Crippen molar-refractivity contribution in [3.8, 4) is 11.1 Å². The summed E-state index contributed by atoms with van der Waals surface area (Å²) < 4.78 is 4.78. The third kappa shape index (κ3) is 2.38. The maximum atomic E-state index is 11.8. The predicted molar refractivity (Wildman–Crippen MR) is 89.5 cm³/mol. The molecule has 0 saturated carbocycles. The summed E-state index contributed by atoms with van der Waals surface area (Å²) in [7, 11) is 1.36. The second-order valence-electron chi connectivity index (χ2n) is 5.07. The van der Waals surface area contributed by atoms with Crippen LogP contribution in [0.25, 0.3) is 22.0 Å². The number of hydrogen-bond donors (Lipinski definition) is 1. The van der Waals surface area contributed by atoms with Crippen LogP contribution >= 0.6 is 11.6 Å². The first-order valence-corrected chi connectivity index (χ1v) is 7.51. The van der Waals surface area contributed by atoms with Gasteiger partial charge in [0.1, 0.15) is 5.69 Å². The maximum absolute atomic E-state index is 11.8. The van der Waals surface area contributed by atoms with E-state index in [-0.39, 0.29) is 0 Å². The number of nitrogens with one attached hydrogen (secondary N) is 1. The molecule has 1 heterocycles. The van der Waals surface area contributed by atoms with Gasteiger partial charge in [-0.2, -0.15) is 0 Å². The Labute approximate surface area is 133 Å². The van der Waals surface area contributed by atoms with Crippen molar-refractivity contribution in [3.63, 3.8) is 0 Å². The smallest absolute Gasteiger partial charge is 0.354 e. The van der Waals surface area contributed by atoms with Gasteiger partial charge in [0.15, 0.2) is 0 Å². The van der Waals surface area contributed by atoms with E-state index in [4.69, 9.17) is 16.3 Å². The molecule has 0 atom stereocenters. The zero-order chi connectivity index (χ0) is 15.7. The van der Waals surface area contributed by atoms with Gasteiger partial charge < -0.3 is 9.72 Å². The van der Waals surface area contributed by atoms with Gasteiger partial charge in [0.2, 0.25) is 0 Å². The third-order valence-corrected chi connectivity index (χ3v) is 4.15. The van der Waals surface area contributed by atoms with Gasteiger partial charge in [0.05, 0.1) is 17.6 Å². The Bertz CT molecular complexity index is 851. The first kappa shape index (κ1) is 14.7. The first-order valence-electron chi connectivity index (χ1n) is 7.13. The van der Waals surface area contributed by atoms with Crippen LogP contribution in [0.15, 0.2) is 42.5 Å². The average Bonchev–Trinajstić information content (AvgIpc) is 3.00. The van der Waals surface area contributed by atoms with E-state index in [1.54, 1.807) is 6.07 Å². The number of fused-ring (bicyclic) bond motifs is 1. The minimum absolute atomic E-state index is 0.401. The molecule has 0 fully saturated rings. The molecule has 0 spiro atoms. The molecule has 1 N–H and O–H groups in total. The van der Waals surface area contributed by atoms with Crippen LogP contribution in [0.3, 0.4) is 0 Å². The molecule has 3 aromatic rings. The van der Waals surface area contributed by atoms with Crippen molar-refractivity contribution in [3.05, 3.63) is 58.7 Å². The Balaban J connectivity index is 2.28. The summed E-state index contributed by atoms with van der Waals surface area (Å²) in [5, 5.41) is 1.51. The minimum atomic E-state index is -0.401. The highest BCUT2D eigenvalue weighted by Gasteiger charge is 2.15. The molecule has 0 amide bonds. The van der Waals surface area contributed by atoms with Gasteiger partial charge in [-0.05, 0) is 35.2 Å². The number of H-pyrrole nitrogens is 1. The molecule has 0 aliphatic carbocycles. The number of hydrogen-bond acceptors (Lipinski definition) is 2. The Morgan fingerprint density at radius 2 is 1.95 bits per heavy atom. The van der Waals surface area contributed by atoms with Crippen molar-refractivity contribution in [2.75, 3.05) is 7.11 Å². The Morgan fingerprint density at radius 3 is 2.68 bits per heavy atom. The topological polar surface area (TPSA) is 42.1 Å². The van der Waals surface area contributed by atoms with E-state index in [1.165, 1.54) is 12.7 Å². The summed E-state index contributed by atoms with van der Waals surface area (Å²) in [4.78, 5) is 14.8. The molecular weight excluding hydrogens is 298 g/mol. The lowest BCUT2D eigenvalue weighted by molar-refractivity contribution is 0.0595. The monoisotopic (exact) mass is 313 g/mol. The molecule has 0 radical (unpaired) electrons. The molecule has 0 saturated heterocycles. The maximum Gasteiger partial charge on any atom is 0.354 e. The first-order chi connectivity index (χ1) is 10.7. The van der Waals surface area contributed by atoms with Gasteiger partial charge >= 0.3 is 5.97 Å². The summed E-state index contributed by atoms with van der Waals surface area (Å²) >= 11 is 6.27. The number of carbonyl (C=O) groups is 1. The van der Waals surface area contributed by atoms with Gasteiger partial charge in [-0.15, -0.1) is 0 Å². The molecule has 22 heavy (non-hydrogen) atoms. The Hall–Kier alpha value is -2.26. The fourth-order valence-corrected chi connectivity index (χ4v) is 2.94. The third-order valence-electron chi connectivity index (χ3n) is 3.84. The van der Waals surface area contributed by atoms with Crippen LogP contribution in [0.5, 0.6) is 0 Å². The normalized spacial score (nSPS) is 10.9. The van der Waals surface area contributed by atoms with Crippen molar-refractivity contribution in [1.82, 2.24) is 4.98 Å². The largest absolute Gasteiger partial charge is 0.464 e. The highest BCUT2D eigenvalue weighted by atomic mass is 35.5. The molecule has 4 heteroatoms. The van der Waals surface area contributed by atoms with Gasteiger partial charge in [0.25, 0.3) is 0 Å². The van der Waals surface area contributed by atoms with Gasteiger partial charge in [-0.1, -0.05) is 48.9 Å². The Kier molecular flexibility index (Phi) is 3.90. The molecule has 1 aromatic heterocycles. The van der Waals surface area contributed by atoms with Crippen LogP contribution in [0.2, 0.25) is 5.02 Å². The number of halogens is 1. The molecule has 3 nitrogen and oxygen atoms in total. The molecule has 112 valence electrons. The standard InChI is InChI=1S/C18H16ClNO2/c1-3-11-6-4-5-7-12(11)13-8-9-15(19)17-14(13)10-16(20-17)18(21)22-2/h4-10,20H,3H2,1-2H3. The van der Waals surface area contributed by atoms with Crippen LogP contribution in [0.4, 0.5) is 0 Å². The van der Waals surface area contributed by atoms with E-state index in [0.717, 1.165) is 28.5 Å². The summed E-state index contributed by atoms with van der Waals surface area (Å²) in [5.74, 6) is -0.401. The molecule has 2 aromatic carbocycles. The summed E-state index contributed by atoms with van der Waals surface area (Å²) in [6, 6.07) is 13.9. The summed E-state index contributed by atoms with van der Waals surface area (Å²) in [6.45, 7) is 2.13. The number of methoxy groups -OCH3 is 1. The van der Waals surface area contributed by atoms with E-state index in [0.29, 0.717) is 10.7 Å². The lowest BCUT2D eigenvalue weighted by Crippen LogP contribution is -2.00. The van der Waals surface area contributed by atoms with Crippen molar-refractivity contribution in [2.45, 2.75) is 13.3 Å². The van der Waals surface area contributed by atoms with E-state index in [2.05, 4.69) is 24.0 Å². The number of esters is 1. The van der Waals surface area contributed by atoms with Crippen molar-refractivity contribution < 1.29 is 9.53 Å². The zero-order valence-electron chi connectivity index (χ0n) is 12.4. The summed E-state index contributed by atoms with van der Waals surface area (Å²) in [5.41, 5.74) is 4.63. The number of rotatable bonds is 3. The molecule has 0 unspecified atom stereocenters. The fraction of sp³-hybridized carbons (Fsp3) is 0.167. The van der Waals surface area contributed by atoms with Gasteiger partial charge in [-0.25, -0.2) is 4.79 Å². The number of carbonyl (C=O) groups excluding carboxylic acids is 1. The molecule has 0 aliphatic rings. The van der Waals surface area contributed by atoms with Gasteiger partial charge in [0, 0.05) is 5.39 Å². The number of aromatic nitrogens is 1. The molecular formula is C18H16ClNO2. The van der Waals surface area contributed by atoms with Crippen LogP contribution in [0.1, 0.15) is 23.0 Å². The number of ether oxygens (including phenoxy) is 1. The fourth-order valence-electron chi connectivity index (χ4n) is 2.73. The minimum Gasteiger partial charge on any atom is -0.464 e.